The molecule has 0 spiro atoms. The van der Waals surface area contributed by atoms with E-state index in [2.05, 4.69) is 0 Å². The van der Waals surface area contributed by atoms with Crippen LogP contribution in [0.2, 0.25) is 0 Å². The van der Waals surface area contributed by atoms with Gasteiger partial charge in [-0.05, 0) is 12.2 Å². The third-order valence-electron chi connectivity index (χ3n) is 2.47. The Kier molecular flexibility index (Phi) is 3.55. The third kappa shape index (κ3) is 2.78. The Hall–Kier alpha value is -0.430. The predicted molar refractivity (Wildman–Crippen MR) is 48.7 cm³/mol. The molecule has 1 saturated heterocycles. The number of carboxylic acids is 1. The highest BCUT2D eigenvalue weighted by Gasteiger charge is 2.53. The molecule has 1 fully saturated rings. The quantitative estimate of drug-likeness (QED) is 0.773. The summed E-state index contributed by atoms with van der Waals surface area (Å²) in [4.78, 5) is 10.9. The average molecular weight is 244 g/mol. The Labute approximate surface area is 88.7 Å². The third-order valence-corrected chi connectivity index (χ3v) is 3.72. The lowest BCUT2D eigenvalue weighted by atomic mass is 9.79. The highest BCUT2D eigenvalue weighted by atomic mass is 32.2. The maximum Gasteiger partial charge on any atom is 0.390 e. The normalized spacial score (nSPS) is 32.7. The number of alkyl halides is 3. The summed E-state index contributed by atoms with van der Waals surface area (Å²) >= 11 is 1.13. The molecule has 1 aliphatic heterocycles. The van der Waals surface area contributed by atoms with E-state index >= 15 is 0 Å². The molecule has 0 aliphatic carbocycles. The summed E-state index contributed by atoms with van der Waals surface area (Å²) in [5.74, 6) is -1.27. The van der Waals surface area contributed by atoms with E-state index in [0.717, 1.165) is 11.8 Å². The van der Waals surface area contributed by atoms with Gasteiger partial charge in [-0.15, -0.1) is 0 Å². The zero-order valence-electron chi connectivity index (χ0n) is 7.75. The van der Waals surface area contributed by atoms with Crippen molar-refractivity contribution in [2.45, 2.75) is 25.1 Å². The zero-order valence-corrected chi connectivity index (χ0v) is 8.57. The molecule has 2 atom stereocenters. The number of halogens is 3. The van der Waals surface area contributed by atoms with Crippen molar-refractivity contribution >= 4 is 17.7 Å². The van der Waals surface area contributed by atoms with Crippen LogP contribution >= 0.6 is 11.8 Å². The summed E-state index contributed by atoms with van der Waals surface area (Å²) in [5, 5.41) is 18.3. The number of carboxylic acid groups (broad SMARTS) is 1. The maximum absolute atomic E-state index is 12.2. The van der Waals surface area contributed by atoms with Gasteiger partial charge in [-0.2, -0.15) is 24.9 Å². The number of hydrogen-bond acceptors (Lipinski definition) is 3. The zero-order chi connectivity index (χ0) is 11.7. The largest absolute Gasteiger partial charge is 0.481 e. The Balaban J connectivity index is 2.91. The maximum atomic E-state index is 12.2. The van der Waals surface area contributed by atoms with Crippen LogP contribution in [0.3, 0.4) is 0 Å². The first-order valence-electron chi connectivity index (χ1n) is 4.34. The van der Waals surface area contributed by atoms with Gasteiger partial charge in [0.05, 0.1) is 12.5 Å². The lowest BCUT2D eigenvalue weighted by molar-refractivity contribution is -0.189. The Morgan fingerprint density at radius 1 is 1.53 bits per heavy atom. The summed E-state index contributed by atoms with van der Waals surface area (Å²) in [5.41, 5.74) is -2.07. The van der Waals surface area contributed by atoms with Crippen LogP contribution < -0.4 is 0 Å². The van der Waals surface area contributed by atoms with Gasteiger partial charge in [0.15, 0.2) is 0 Å². The average Bonchev–Trinajstić information content (AvgIpc) is 2.06. The molecule has 0 aromatic heterocycles. The molecule has 0 radical (unpaired) electrons. The van der Waals surface area contributed by atoms with Crippen molar-refractivity contribution < 1.29 is 28.2 Å². The van der Waals surface area contributed by atoms with Gasteiger partial charge >= 0.3 is 12.1 Å². The highest BCUT2D eigenvalue weighted by molar-refractivity contribution is 7.99. The second-order valence-electron chi connectivity index (χ2n) is 3.61. The van der Waals surface area contributed by atoms with Gasteiger partial charge in [0.2, 0.25) is 0 Å². The molecule has 7 heteroatoms. The molecule has 0 amide bonds. The van der Waals surface area contributed by atoms with Gasteiger partial charge in [-0.1, -0.05) is 0 Å². The monoisotopic (exact) mass is 244 g/mol. The molecule has 0 bridgehead atoms. The molecule has 88 valence electrons. The van der Waals surface area contributed by atoms with E-state index in [1.54, 1.807) is 0 Å². The number of hydrogen-bond donors (Lipinski definition) is 2. The number of rotatable bonds is 2. The predicted octanol–water partition coefficient (Wildman–Crippen LogP) is 1.51. The fraction of sp³-hybridized carbons (Fsp3) is 0.875. The second-order valence-corrected chi connectivity index (χ2v) is 4.72. The van der Waals surface area contributed by atoms with Crippen LogP contribution in [-0.4, -0.2) is 40.0 Å². The Bertz CT molecular complexity index is 256. The molecule has 3 nitrogen and oxygen atoms in total. The molecule has 0 aromatic rings. The van der Waals surface area contributed by atoms with E-state index in [1.165, 1.54) is 0 Å². The minimum Gasteiger partial charge on any atom is -0.481 e. The van der Waals surface area contributed by atoms with Crippen LogP contribution in [0.15, 0.2) is 0 Å². The Morgan fingerprint density at radius 2 is 2.13 bits per heavy atom. The van der Waals surface area contributed by atoms with Crippen molar-refractivity contribution in [2.75, 3.05) is 11.5 Å². The van der Waals surface area contributed by atoms with E-state index in [1.807, 2.05) is 0 Å². The van der Waals surface area contributed by atoms with E-state index in [9.17, 15) is 23.1 Å². The minimum absolute atomic E-state index is 0.0903. The fourth-order valence-electron chi connectivity index (χ4n) is 1.63. The molecule has 2 N–H and O–H groups in total. The van der Waals surface area contributed by atoms with Gasteiger partial charge in [0, 0.05) is 5.75 Å². The highest BCUT2D eigenvalue weighted by Crippen LogP contribution is 2.43. The van der Waals surface area contributed by atoms with E-state index in [4.69, 9.17) is 5.11 Å². The molecule has 1 heterocycles. The van der Waals surface area contributed by atoms with Crippen LogP contribution in [0.5, 0.6) is 0 Å². The topological polar surface area (TPSA) is 57.5 Å². The SMILES string of the molecule is O=C(O)C1(CC(F)(F)F)CSCCC1O. The first-order chi connectivity index (χ1) is 6.78. The van der Waals surface area contributed by atoms with Crippen molar-refractivity contribution in [3.05, 3.63) is 0 Å². The van der Waals surface area contributed by atoms with E-state index in [0.29, 0.717) is 5.75 Å². The van der Waals surface area contributed by atoms with Crippen LogP contribution in [0, 0.1) is 5.41 Å². The first-order valence-corrected chi connectivity index (χ1v) is 5.49. The van der Waals surface area contributed by atoms with Crippen LogP contribution in [0.4, 0.5) is 13.2 Å². The van der Waals surface area contributed by atoms with Gasteiger partial charge in [-0.3, -0.25) is 4.79 Å². The van der Waals surface area contributed by atoms with E-state index in [-0.39, 0.29) is 12.2 Å². The smallest absolute Gasteiger partial charge is 0.390 e. The van der Waals surface area contributed by atoms with Crippen LogP contribution in [0.25, 0.3) is 0 Å². The molecular weight excluding hydrogens is 233 g/mol. The van der Waals surface area contributed by atoms with Crippen molar-refractivity contribution in [2.24, 2.45) is 5.41 Å². The first kappa shape index (κ1) is 12.6. The van der Waals surface area contributed by atoms with Crippen molar-refractivity contribution in [1.82, 2.24) is 0 Å². The van der Waals surface area contributed by atoms with E-state index < -0.39 is 30.1 Å². The van der Waals surface area contributed by atoms with Crippen molar-refractivity contribution in [3.63, 3.8) is 0 Å². The van der Waals surface area contributed by atoms with Gasteiger partial charge in [0.25, 0.3) is 0 Å². The number of aliphatic hydroxyl groups is 1. The van der Waals surface area contributed by atoms with Gasteiger partial charge in [-0.25, -0.2) is 0 Å². The van der Waals surface area contributed by atoms with Crippen LogP contribution in [0.1, 0.15) is 12.8 Å². The molecule has 1 aliphatic rings. The summed E-state index contributed by atoms with van der Waals surface area (Å²) in [6.45, 7) is 0. The molecule has 0 saturated carbocycles. The second kappa shape index (κ2) is 4.21. The Morgan fingerprint density at radius 3 is 2.53 bits per heavy atom. The number of aliphatic hydroxyl groups excluding tert-OH is 1. The molecular formula is C8H11F3O3S. The summed E-state index contributed by atoms with van der Waals surface area (Å²) in [7, 11) is 0. The summed E-state index contributed by atoms with van der Waals surface area (Å²) < 4.78 is 36.7. The molecule has 2 unspecified atom stereocenters. The number of aliphatic carboxylic acids is 1. The molecule has 15 heavy (non-hydrogen) atoms. The fourth-order valence-corrected chi connectivity index (χ4v) is 2.94. The van der Waals surface area contributed by atoms with Gasteiger partial charge < -0.3 is 10.2 Å². The van der Waals surface area contributed by atoms with Crippen molar-refractivity contribution in [1.29, 1.82) is 0 Å². The van der Waals surface area contributed by atoms with Gasteiger partial charge in [0.1, 0.15) is 5.41 Å². The molecule has 1 rings (SSSR count). The van der Waals surface area contributed by atoms with Crippen LogP contribution in [-0.2, 0) is 4.79 Å². The molecule has 0 aromatic carbocycles. The number of thioether (sulfide) groups is 1. The number of carbonyl (C=O) groups is 1. The minimum atomic E-state index is -4.57. The van der Waals surface area contributed by atoms with Crippen molar-refractivity contribution in [3.8, 4) is 0 Å². The lowest BCUT2D eigenvalue weighted by Crippen LogP contribution is -2.50. The summed E-state index contributed by atoms with van der Waals surface area (Å²) in [6, 6.07) is 0. The lowest BCUT2D eigenvalue weighted by Gasteiger charge is -2.37. The summed E-state index contributed by atoms with van der Waals surface area (Å²) in [6.07, 6.45) is -7.37. The standard InChI is InChI=1S/C8H11F3O3S/c9-8(10,11)3-7(6(13)14)4-15-2-1-5(7)12/h5,12H,1-4H2,(H,13,14).